The number of benzene rings is 6. The molecule has 2 saturated heterocycles. The highest BCUT2D eigenvalue weighted by atomic mass is 19.4. The van der Waals surface area contributed by atoms with Gasteiger partial charge in [0, 0.05) is 102 Å². The van der Waals surface area contributed by atoms with Gasteiger partial charge in [-0.1, -0.05) is 36.4 Å². The number of methoxy groups -OCH3 is 3. The zero-order chi connectivity index (χ0) is 76.6. The average molecular weight is 1480 g/mol. The molecule has 6 aromatic rings. The predicted molar refractivity (Wildman–Crippen MR) is 369 cm³/mol. The van der Waals surface area contributed by atoms with E-state index in [-0.39, 0.29) is 81.1 Å². The number of halogens is 6. The molecule has 562 valence electrons. The van der Waals surface area contributed by atoms with Crippen molar-refractivity contribution < 1.29 is 107 Å². The number of likely N-dealkylation sites (N-methyl/N-ethyl adjacent to an activating group) is 2. The third-order valence-electron chi connectivity index (χ3n) is 21.3. The van der Waals surface area contributed by atoms with Crippen LogP contribution in [0.4, 0.5) is 26.3 Å². The molecule has 8 aliphatic rings. The lowest BCUT2D eigenvalue weighted by atomic mass is 9.71. The fraction of sp³-hybridized carbons (Fsp3) is 0.410. The Bertz CT molecular complexity index is 4760. The third-order valence-corrected chi connectivity index (χ3v) is 21.3. The number of aryl methyl sites for hydroxylation is 2. The smallest absolute Gasteiger partial charge is 0.416 e. The Hall–Kier alpha value is -10.6. The van der Waals surface area contributed by atoms with Crippen LogP contribution in [0.2, 0.25) is 0 Å². The summed E-state index contributed by atoms with van der Waals surface area (Å²) in [5.41, 5.74) is 7.04. The zero-order valence-electron chi connectivity index (χ0n) is 60.2. The summed E-state index contributed by atoms with van der Waals surface area (Å²) < 4.78 is 150. The largest absolute Gasteiger partial charge is 0.504 e. The Morgan fingerprint density at radius 3 is 1.39 bits per heavy atom. The predicted octanol–water partition coefficient (Wildman–Crippen LogP) is 11.7. The summed E-state index contributed by atoms with van der Waals surface area (Å²) in [4.78, 5) is 59.9. The monoisotopic (exact) mass is 1480 g/mol. The summed E-state index contributed by atoms with van der Waals surface area (Å²) in [6, 6.07) is 12.6. The van der Waals surface area contributed by atoms with Crippen LogP contribution in [-0.4, -0.2) is 154 Å². The number of nitriles is 2. The van der Waals surface area contributed by atoms with Crippen LogP contribution in [0.25, 0.3) is 12.2 Å². The van der Waals surface area contributed by atoms with Gasteiger partial charge in [0.25, 0.3) is 0 Å². The molecule has 1 N–H and O–H groups in total. The molecule has 0 spiro atoms. The maximum atomic E-state index is 13.3. The molecular weight excluding hydrogens is 1410 g/mol. The molecule has 6 aromatic carbocycles. The van der Waals surface area contributed by atoms with Gasteiger partial charge in [0.15, 0.2) is 52.8 Å². The van der Waals surface area contributed by atoms with E-state index in [2.05, 4.69) is 28.0 Å². The summed E-state index contributed by atoms with van der Waals surface area (Å²) in [5, 5.41) is 33.5. The van der Waals surface area contributed by atoms with Crippen LogP contribution in [0.15, 0.2) is 72.8 Å². The number of fused-ring (bicyclic) bond motifs is 18. The lowest BCUT2D eigenvalue weighted by molar-refractivity contribution is -0.144. The van der Waals surface area contributed by atoms with Gasteiger partial charge in [-0.25, -0.2) is 9.59 Å². The van der Waals surface area contributed by atoms with Crippen LogP contribution in [0.5, 0.6) is 57.5 Å². The van der Waals surface area contributed by atoms with Crippen molar-refractivity contribution in [3.63, 3.8) is 0 Å². The average Bonchev–Trinajstić information content (AvgIpc) is 1.44. The minimum atomic E-state index is -4.55. The number of piperazine rings is 2. The molecule has 23 nitrogen and oxygen atoms in total. The second kappa shape index (κ2) is 29.3. The summed E-state index contributed by atoms with van der Waals surface area (Å²) in [6.07, 6.45) is -3.05. The number of esters is 4. The fourth-order valence-electron chi connectivity index (χ4n) is 17.2. The lowest BCUT2D eigenvalue weighted by Crippen LogP contribution is -2.68. The maximum Gasteiger partial charge on any atom is 0.416 e. The molecule has 2 unspecified atom stereocenters. The van der Waals surface area contributed by atoms with Crippen molar-refractivity contribution in [1.82, 2.24) is 19.6 Å². The molecule has 14 rings (SSSR count). The second-order valence-corrected chi connectivity index (χ2v) is 27.4. The van der Waals surface area contributed by atoms with Crippen LogP contribution < -0.4 is 42.6 Å². The lowest BCUT2D eigenvalue weighted by Gasteiger charge is -2.59. The molecule has 2 fully saturated rings. The highest BCUT2D eigenvalue weighted by Crippen LogP contribution is 2.61. The van der Waals surface area contributed by atoms with Gasteiger partial charge in [-0.05, 0) is 137 Å². The van der Waals surface area contributed by atoms with Gasteiger partial charge >= 0.3 is 36.2 Å². The summed E-state index contributed by atoms with van der Waals surface area (Å²) in [7, 11) is 8.46. The van der Waals surface area contributed by atoms with E-state index in [0.717, 1.165) is 64.2 Å². The van der Waals surface area contributed by atoms with Crippen LogP contribution in [-0.2, 0) is 71.4 Å². The number of carbonyl (C=O) groups excluding carboxylic acids is 4. The standard InChI is InChI=1S/C40H40F3N3O9.C38H36F3N3O8/c1-20-12-24-14-27-29(16-44)46-28(34(45(27)4)32(24)38(35(20)50-6)52-18-49-5)15-26-33(39-37(53-19-54-39)21(2)36(26)55-22(3)47)30(46)17-51-31(48)11-10-23-8-7-9-25(13-23)40(41,42)43;1-18-11-22-13-25-27(15-42)44-26(32(43(25)4)30(22)33(47)34(18)48-5)14-24-31(37-36(50-17-51-37)19(2)35(24)52-20(3)45)28(44)16-49-29(46)10-9-21-7-6-8-23(12-21)38(39,40)41/h7-13,27-30,34H,14-15,17-19H2,1-6H3;6-12,25-28,32,47H,13-14,16-17H2,1-5H3/b11-10+;10-9+/t27-,28?,29-,30-,34-;25-,26?,27-,28-,32-/m00/s1. The number of hydrogen-bond donors (Lipinski definition) is 1. The zero-order valence-corrected chi connectivity index (χ0v) is 60.2. The number of phenols is 1. The van der Waals surface area contributed by atoms with Crippen LogP contribution in [0.1, 0.15) is 127 Å². The maximum absolute atomic E-state index is 13.3. The van der Waals surface area contributed by atoms with E-state index in [1.54, 1.807) is 21.0 Å². The van der Waals surface area contributed by atoms with Crippen molar-refractivity contribution in [3.8, 4) is 69.6 Å². The Labute approximate surface area is 611 Å². The van der Waals surface area contributed by atoms with E-state index in [1.807, 2.05) is 43.8 Å². The fourth-order valence-corrected chi connectivity index (χ4v) is 17.2. The van der Waals surface area contributed by atoms with Gasteiger partial charge in [0.05, 0.1) is 61.7 Å². The van der Waals surface area contributed by atoms with E-state index in [1.165, 1.54) is 64.5 Å². The second-order valence-electron chi connectivity index (χ2n) is 27.4. The Kier molecular flexibility index (Phi) is 20.5. The van der Waals surface area contributed by atoms with Crippen LogP contribution >= 0.6 is 0 Å². The number of rotatable bonds is 15. The van der Waals surface area contributed by atoms with Crippen LogP contribution in [0.3, 0.4) is 0 Å². The Morgan fingerprint density at radius 2 is 0.981 bits per heavy atom. The van der Waals surface area contributed by atoms with Crippen molar-refractivity contribution >= 4 is 36.0 Å². The SMILES string of the molecule is COCOc1c(OC)c(C)cc2c1[C@@H]1C3Cc4c(OC(C)=O)c(C)c5c(c4[C@H](COC(=O)/C=C/c4cccc(C(F)(F)F)c4)N3[C@@H](C#N)[C@H](C2)N1C)OCO5.COc1c(C)cc2c(c1O)[C@@H]1C3Cc4c(OC(C)=O)c(C)c5c(c4[C@H](COC(=O)/C=C/c4cccc(C(F)(F)F)c4)N3[C@@H](C#N)[C@H](C2)N1C)OCO5. The first kappa shape index (κ1) is 74.7. The first-order valence-electron chi connectivity index (χ1n) is 34.3. The molecule has 107 heavy (non-hydrogen) atoms. The molecule has 0 radical (unpaired) electrons. The third kappa shape index (κ3) is 13.4. The minimum absolute atomic E-state index is 0.00117. The topological polar surface area (TPSA) is 260 Å². The van der Waals surface area contributed by atoms with E-state index in [0.29, 0.717) is 97.8 Å². The molecule has 10 atom stereocenters. The quantitative estimate of drug-likeness (QED) is 0.0329. The molecule has 4 bridgehead atoms. The molecule has 8 heterocycles. The van der Waals surface area contributed by atoms with Gasteiger partial charge < -0.3 is 61.9 Å². The van der Waals surface area contributed by atoms with Crippen molar-refractivity contribution in [2.75, 3.05) is 69.0 Å². The van der Waals surface area contributed by atoms with Crippen molar-refractivity contribution in [1.29, 1.82) is 10.5 Å². The van der Waals surface area contributed by atoms with Gasteiger partial charge in [0.1, 0.15) is 36.8 Å². The Balaban J connectivity index is 0.000000189. The number of ether oxygens (including phenoxy) is 12. The number of hydrogen-bond acceptors (Lipinski definition) is 23. The molecule has 0 saturated carbocycles. The summed E-state index contributed by atoms with van der Waals surface area (Å²) in [5.74, 6) is 0.713. The normalized spacial score (nSPS) is 23.0. The highest BCUT2D eigenvalue weighted by molar-refractivity contribution is 5.88. The number of alkyl halides is 6. The van der Waals surface area contributed by atoms with Gasteiger partial charge in [-0.15, -0.1) is 0 Å². The van der Waals surface area contributed by atoms with Crippen molar-refractivity contribution in [2.45, 2.75) is 140 Å². The first-order chi connectivity index (χ1) is 51.0. The number of nitrogens with zero attached hydrogens (tertiary/aromatic N) is 6. The van der Waals surface area contributed by atoms with E-state index < -0.39 is 95.7 Å². The summed E-state index contributed by atoms with van der Waals surface area (Å²) in [6.45, 7) is 9.04. The molecule has 0 aliphatic carbocycles. The van der Waals surface area contributed by atoms with Gasteiger partial charge in [-0.3, -0.25) is 29.2 Å². The van der Waals surface area contributed by atoms with Gasteiger partial charge in [-0.2, -0.15) is 36.9 Å². The highest BCUT2D eigenvalue weighted by Gasteiger charge is 2.60. The van der Waals surface area contributed by atoms with E-state index in [9.17, 15) is 61.2 Å². The molecule has 8 aliphatic heterocycles. The first-order valence-corrected chi connectivity index (χ1v) is 34.3. The minimum Gasteiger partial charge on any atom is -0.504 e. The molecule has 0 aromatic heterocycles. The van der Waals surface area contributed by atoms with Crippen molar-refractivity contribution in [2.24, 2.45) is 0 Å². The summed E-state index contributed by atoms with van der Waals surface area (Å²) >= 11 is 0. The number of phenolic OH excluding ortho intramolecular Hbond substituents is 1. The number of aromatic hydroxyl groups is 1. The van der Waals surface area contributed by atoms with E-state index >= 15 is 0 Å². The number of carbonyl (C=O) groups is 4. The van der Waals surface area contributed by atoms with Crippen molar-refractivity contribution in [3.05, 3.63) is 162 Å². The van der Waals surface area contributed by atoms with Gasteiger partial charge in [0.2, 0.25) is 13.6 Å². The molecule has 29 heteroatoms. The Morgan fingerprint density at radius 1 is 0.561 bits per heavy atom. The molecule has 0 amide bonds. The van der Waals surface area contributed by atoms with Crippen LogP contribution in [0, 0.1) is 50.4 Å². The molecular formula is C78H76F6N6O17. The van der Waals surface area contributed by atoms with E-state index in [4.69, 9.17) is 56.8 Å².